The number of rotatable bonds is 10. The number of aliphatic hydroxyl groups is 1. The summed E-state index contributed by atoms with van der Waals surface area (Å²) in [6.45, 7) is 2.93. The Labute approximate surface area is 145 Å². The number of benzene rings is 1. The molecule has 2 N–H and O–H groups in total. The first kappa shape index (κ1) is 18.6. The largest absolute Gasteiger partial charge is 0.507 e. The fraction of sp³-hybridized carbons (Fsp3) is 0.529. The van der Waals surface area contributed by atoms with Crippen LogP contribution in [0.4, 0.5) is 0 Å². The molecule has 0 bridgehead atoms. The van der Waals surface area contributed by atoms with Gasteiger partial charge in [0.05, 0.1) is 12.4 Å². The summed E-state index contributed by atoms with van der Waals surface area (Å²) in [7, 11) is 0. The number of phenolic OH excluding ortho intramolecular Hbond substituents is 1. The molecule has 2 rings (SSSR count). The van der Waals surface area contributed by atoms with Crippen LogP contribution in [-0.4, -0.2) is 46.4 Å². The van der Waals surface area contributed by atoms with E-state index in [0.717, 1.165) is 25.7 Å². The van der Waals surface area contributed by atoms with Gasteiger partial charge in [0.15, 0.2) is 0 Å². The third-order valence-electron chi connectivity index (χ3n) is 3.64. The summed E-state index contributed by atoms with van der Waals surface area (Å²) in [5.41, 5.74) is -0.272. The maximum Gasteiger partial charge on any atom is 0.295 e. The van der Waals surface area contributed by atoms with E-state index in [0.29, 0.717) is 35.2 Å². The lowest BCUT2D eigenvalue weighted by molar-refractivity contribution is -0.138. The molecule has 1 aromatic carbocycles. The summed E-state index contributed by atoms with van der Waals surface area (Å²) in [4.78, 5) is 14.9. The van der Waals surface area contributed by atoms with Crippen molar-refractivity contribution in [1.82, 2.24) is 0 Å². The maximum absolute atomic E-state index is 10.5. The standard InChI is InChI=1S/C17H23NO5S/c1-17(23-12-20)11-24-16(18-17)14-7-6-13(10-15(14)21)22-9-5-3-2-4-8-19/h6-7,10,12,19,21H,2-5,8-9,11H2,1H3/t17-/m0/s1. The molecule has 1 heterocycles. The lowest BCUT2D eigenvalue weighted by Crippen LogP contribution is -2.25. The number of aliphatic imine (C=N–C) groups is 1. The number of ether oxygens (including phenoxy) is 2. The van der Waals surface area contributed by atoms with Gasteiger partial charge in [-0.05, 0) is 38.3 Å². The van der Waals surface area contributed by atoms with Crippen molar-refractivity contribution in [2.24, 2.45) is 4.99 Å². The lowest BCUT2D eigenvalue weighted by atomic mass is 10.2. The summed E-state index contributed by atoms with van der Waals surface area (Å²) in [5.74, 6) is 1.22. The third-order valence-corrected chi connectivity index (χ3v) is 4.90. The molecule has 1 aromatic rings. The van der Waals surface area contributed by atoms with Crippen molar-refractivity contribution in [3.05, 3.63) is 23.8 Å². The summed E-state index contributed by atoms with van der Waals surface area (Å²) in [5, 5.41) is 19.6. The lowest BCUT2D eigenvalue weighted by Gasteiger charge is -2.16. The van der Waals surface area contributed by atoms with Crippen molar-refractivity contribution >= 4 is 23.3 Å². The van der Waals surface area contributed by atoms with E-state index in [1.807, 2.05) is 0 Å². The van der Waals surface area contributed by atoms with Gasteiger partial charge in [-0.15, -0.1) is 0 Å². The number of phenols is 1. The summed E-state index contributed by atoms with van der Waals surface area (Å²) in [6.07, 6.45) is 3.73. The van der Waals surface area contributed by atoms with Gasteiger partial charge in [0.2, 0.25) is 5.72 Å². The fourth-order valence-electron chi connectivity index (χ4n) is 2.32. The Balaban J connectivity index is 1.92. The highest BCUT2D eigenvalue weighted by molar-refractivity contribution is 8.14. The molecule has 0 spiro atoms. The van der Waals surface area contributed by atoms with Crippen molar-refractivity contribution in [3.8, 4) is 11.5 Å². The van der Waals surface area contributed by atoms with E-state index in [1.54, 1.807) is 25.1 Å². The Morgan fingerprint density at radius 1 is 1.33 bits per heavy atom. The van der Waals surface area contributed by atoms with E-state index in [9.17, 15) is 9.90 Å². The summed E-state index contributed by atoms with van der Waals surface area (Å²) >= 11 is 1.44. The number of thioether (sulfide) groups is 1. The fourth-order valence-corrected chi connectivity index (χ4v) is 3.45. The Kier molecular flexibility index (Phi) is 6.93. The minimum Gasteiger partial charge on any atom is -0.507 e. The first-order chi connectivity index (χ1) is 11.6. The second-order valence-corrected chi connectivity index (χ2v) is 6.72. The van der Waals surface area contributed by atoms with Crippen LogP contribution in [0.1, 0.15) is 38.2 Å². The molecular formula is C17H23NO5S. The van der Waals surface area contributed by atoms with Crippen molar-refractivity contribution in [3.63, 3.8) is 0 Å². The van der Waals surface area contributed by atoms with Crippen molar-refractivity contribution in [2.75, 3.05) is 19.0 Å². The van der Waals surface area contributed by atoms with Gasteiger partial charge in [0.25, 0.3) is 6.47 Å². The summed E-state index contributed by atoms with van der Waals surface area (Å²) in [6, 6.07) is 5.12. The molecule has 0 saturated carbocycles. The van der Waals surface area contributed by atoms with Crippen LogP contribution in [0.5, 0.6) is 11.5 Å². The van der Waals surface area contributed by atoms with Crippen molar-refractivity contribution < 1.29 is 24.5 Å². The van der Waals surface area contributed by atoms with Gasteiger partial charge in [-0.1, -0.05) is 18.2 Å². The number of hydrogen-bond donors (Lipinski definition) is 2. The monoisotopic (exact) mass is 353 g/mol. The van der Waals surface area contributed by atoms with Crippen LogP contribution < -0.4 is 4.74 Å². The quantitative estimate of drug-likeness (QED) is 0.497. The van der Waals surface area contributed by atoms with Gasteiger partial charge in [0.1, 0.15) is 16.5 Å². The van der Waals surface area contributed by atoms with Gasteiger partial charge in [-0.3, -0.25) is 4.79 Å². The SMILES string of the molecule is C[C@]1(OC=O)CSC(c2ccc(OCCCCCCO)cc2O)=N1. The number of nitrogens with zero attached hydrogens (tertiary/aromatic N) is 1. The highest BCUT2D eigenvalue weighted by Gasteiger charge is 2.33. The van der Waals surface area contributed by atoms with Crippen LogP contribution in [0.2, 0.25) is 0 Å². The molecular weight excluding hydrogens is 330 g/mol. The average Bonchev–Trinajstić information content (AvgIpc) is 2.93. The summed E-state index contributed by atoms with van der Waals surface area (Å²) < 4.78 is 10.6. The molecule has 0 fully saturated rings. The zero-order valence-electron chi connectivity index (χ0n) is 13.7. The van der Waals surface area contributed by atoms with Gasteiger partial charge in [0, 0.05) is 18.2 Å². The second kappa shape index (κ2) is 8.94. The Hall–Kier alpha value is -1.73. The molecule has 0 aliphatic carbocycles. The molecule has 0 radical (unpaired) electrons. The molecule has 0 unspecified atom stereocenters. The predicted octanol–water partition coefficient (Wildman–Crippen LogP) is 2.71. The minimum absolute atomic E-state index is 0.0920. The van der Waals surface area contributed by atoms with E-state index in [4.69, 9.17) is 14.6 Å². The molecule has 7 heteroatoms. The molecule has 0 amide bonds. The number of aromatic hydroxyl groups is 1. The van der Waals surface area contributed by atoms with E-state index >= 15 is 0 Å². The Morgan fingerprint density at radius 2 is 2.12 bits per heavy atom. The van der Waals surface area contributed by atoms with E-state index in [-0.39, 0.29) is 12.4 Å². The molecule has 1 atom stereocenters. The first-order valence-electron chi connectivity index (χ1n) is 7.99. The predicted molar refractivity (Wildman–Crippen MR) is 93.7 cm³/mol. The number of carbonyl (C=O) groups is 1. The molecule has 132 valence electrons. The van der Waals surface area contributed by atoms with Gasteiger partial charge in [-0.2, -0.15) is 0 Å². The molecule has 24 heavy (non-hydrogen) atoms. The number of hydrogen-bond acceptors (Lipinski definition) is 7. The Bertz CT molecular complexity index is 592. The molecule has 6 nitrogen and oxygen atoms in total. The van der Waals surface area contributed by atoms with Gasteiger partial charge < -0.3 is 19.7 Å². The van der Waals surface area contributed by atoms with Crippen LogP contribution in [-0.2, 0) is 9.53 Å². The first-order valence-corrected chi connectivity index (χ1v) is 8.98. The third kappa shape index (κ3) is 5.14. The molecule has 1 aliphatic rings. The average molecular weight is 353 g/mol. The van der Waals surface area contributed by atoms with Gasteiger partial charge >= 0.3 is 0 Å². The van der Waals surface area contributed by atoms with Crippen LogP contribution in [0, 0.1) is 0 Å². The highest BCUT2D eigenvalue weighted by atomic mass is 32.2. The molecule has 0 aromatic heterocycles. The van der Waals surface area contributed by atoms with Crippen molar-refractivity contribution in [2.45, 2.75) is 38.3 Å². The van der Waals surface area contributed by atoms with Crippen molar-refractivity contribution in [1.29, 1.82) is 0 Å². The van der Waals surface area contributed by atoms with Crippen LogP contribution in [0.25, 0.3) is 0 Å². The zero-order valence-corrected chi connectivity index (χ0v) is 14.6. The normalized spacial score (nSPS) is 19.8. The second-order valence-electron chi connectivity index (χ2n) is 5.76. The number of aliphatic hydroxyl groups excluding tert-OH is 1. The van der Waals surface area contributed by atoms with Gasteiger partial charge in [-0.25, -0.2) is 4.99 Å². The topological polar surface area (TPSA) is 88.4 Å². The van der Waals surface area contributed by atoms with E-state index < -0.39 is 5.72 Å². The number of carbonyl (C=O) groups excluding carboxylic acids is 1. The number of unbranched alkanes of at least 4 members (excludes halogenated alkanes) is 3. The maximum atomic E-state index is 10.5. The van der Waals surface area contributed by atoms with Crippen LogP contribution in [0.3, 0.4) is 0 Å². The smallest absolute Gasteiger partial charge is 0.295 e. The van der Waals surface area contributed by atoms with Crippen LogP contribution >= 0.6 is 11.8 Å². The van der Waals surface area contributed by atoms with E-state index in [2.05, 4.69) is 4.99 Å². The zero-order chi connectivity index (χ0) is 17.4. The minimum atomic E-state index is -0.877. The van der Waals surface area contributed by atoms with E-state index in [1.165, 1.54) is 11.8 Å². The van der Waals surface area contributed by atoms with Crippen LogP contribution in [0.15, 0.2) is 23.2 Å². The molecule has 1 aliphatic heterocycles. The Morgan fingerprint density at radius 3 is 2.83 bits per heavy atom. The highest BCUT2D eigenvalue weighted by Crippen LogP contribution is 2.35. The molecule has 0 saturated heterocycles.